The summed E-state index contributed by atoms with van der Waals surface area (Å²) >= 11 is 0. The molecule has 0 aliphatic carbocycles. The minimum Gasteiger partial charge on any atom is -0.491 e. The maximum Gasteiger partial charge on any atom is 0.124 e. The van der Waals surface area contributed by atoms with Crippen molar-refractivity contribution in [3.05, 3.63) is 59.2 Å². The Labute approximate surface area is 126 Å². The lowest BCUT2D eigenvalue weighted by Crippen LogP contribution is -2.26. The number of hydrogen-bond acceptors (Lipinski definition) is 3. The van der Waals surface area contributed by atoms with Crippen molar-refractivity contribution in [2.45, 2.75) is 20.0 Å². The minimum absolute atomic E-state index is 0.731. The molecule has 0 bridgehead atoms. The van der Waals surface area contributed by atoms with Gasteiger partial charge in [-0.1, -0.05) is 30.3 Å². The molecule has 0 unspecified atom stereocenters. The Kier molecular flexibility index (Phi) is 4.11. The molecule has 3 nitrogen and oxygen atoms in total. The van der Waals surface area contributed by atoms with E-state index >= 15 is 0 Å². The van der Waals surface area contributed by atoms with Gasteiger partial charge in [-0.2, -0.15) is 0 Å². The molecule has 0 amide bonds. The van der Waals surface area contributed by atoms with Gasteiger partial charge in [0, 0.05) is 24.3 Å². The summed E-state index contributed by atoms with van der Waals surface area (Å²) in [6, 6.07) is 15.0. The first-order valence-corrected chi connectivity index (χ1v) is 7.47. The second-order valence-electron chi connectivity index (χ2n) is 5.53. The van der Waals surface area contributed by atoms with Crippen molar-refractivity contribution in [3.63, 3.8) is 0 Å². The molecule has 0 aromatic heterocycles. The van der Waals surface area contributed by atoms with Gasteiger partial charge in [0.25, 0.3) is 0 Å². The molecule has 3 heteroatoms. The molecule has 1 aliphatic heterocycles. The van der Waals surface area contributed by atoms with Gasteiger partial charge in [-0.15, -0.1) is 0 Å². The summed E-state index contributed by atoms with van der Waals surface area (Å²) in [4.78, 5) is 2.41. The van der Waals surface area contributed by atoms with E-state index in [-0.39, 0.29) is 0 Å². The highest BCUT2D eigenvalue weighted by atomic mass is 16.5. The van der Waals surface area contributed by atoms with Crippen molar-refractivity contribution in [2.24, 2.45) is 0 Å². The Bertz CT molecular complexity index is 624. The van der Waals surface area contributed by atoms with Crippen molar-refractivity contribution >= 4 is 5.69 Å². The van der Waals surface area contributed by atoms with E-state index in [4.69, 9.17) is 4.74 Å². The van der Waals surface area contributed by atoms with Crippen LogP contribution in [-0.4, -0.2) is 20.2 Å². The SMILES string of the molecule is CNCc1ccc(N2CCOc3ccccc3C2)c(C)c1. The number of benzene rings is 2. The molecule has 1 N–H and O–H groups in total. The number of para-hydroxylation sites is 1. The summed E-state index contributed by atoms with van der Waals surface area (Å²) in [5, 5.41) is 3.20. The summed E-state index contributed by atoms with van der Waals surface area (Å²) in [5.74, 6) is 1.02. The van der Waals surface area contributed by atoms with Gasteiger partial charge in [-0.05, 0) is 37.2 Å². The Morgan fingerprint density at radius 1 is 1.19 bits per heavy atom. The zero-order chi connectivity index (χ0) is 14.7. The number of hydrogen-bond donors (Lipinski definition) is 1. The van der Waals surface area contributed by atoms with Crippen LogP contribution in [0.5, 0.6) is 5.75 Å². The first kappa shape index (κ1) is 14.0. The number of rotatable bonds is 3. The molecule has 2 aromatic rings. The molecule has 110 valence electrons. The van der Waals surface area contributed by atoms with Gasteiger partial charge in [0.2, 0.25) is 0 Å². The summed E-state index contributed by atoms with van der Waals surface area (Å²) in [6.45, 7) is 5.65. The first-order chi connectivity index (χ1) is 10.3. The van der Waals surface area contributed by atoms with Crippen LogP contribution in [0.15, 0.2) is 42.5 Å². The molecular weight excluding hydrogens is 260 g/mol. The molecule has 0 saturated heterocycles. The highest BCUT2D eigenvalue weighted by molar-refractivity contribution is 5.56. The van der Waals surface area contributed by atoms with Gasteiger partial charge in [0.05, 0.1) is 6.54 Å². The lowest BCUT2D eigenvalue weighted by molar-refractivity contribution is 0.331. The van der Waals surface area contributed by atoms with Crippen LogP contribution >= 0.6 is 0 Å². The fourth-order valence-electron chi connectivity index (χ4n) is 2.92. The Balaban J connectivity index is 1.87. The van der Waals surface area contributed by atoms with E-state index in [9.17, 15) is 0 Å². The van der Waals surface area contributed by atoms with Crippen LogP contribution in [0, 0.1) is 6.92 Å². The van der Waals surface area contributed by atoms with E-state index < -0.39 is 0 Å². The molecule has 0 spiro atoms. The molecule has 2 aromatic carbocycles. The van der Waals surface area contributed by atoms with Crippen LogP contribution in [0.25, 0.3) is 0 Å². The predicted molar refractivity (Wildman–Crippen MR) is 86.9 cm³/mol. The third-order valence-electron chi connectivity index (χ3n) is 3.94. The smallest absolute Gasteiger partial charge is 0.124 e. The third-order valence-corrected chi connectivity index (χ3v) is 3.94. The monoisotopic (exact) mass is 282 g/mol. The standard InChI is InChI=1S/C18H22N2O/c1-14-11-15(12-19-2)7-8-17(14)20-9-10-21-18-6-4-3-5-16(18)13-20/h3-8,11,19H,9-10,12-13H2,1-2H3. The van der Waals surface area contributed by atoms with Gasteiger partial charge < -0.3 is 15.0 Å². The van der Waals surface area contributed by atoms with E-state index in [0.717, 1.165) is 32.0 Å². The van der Waals surface area contributed by atoms with E-state index in [1.807, 2.05) is 13.1 Å². The zero-order valence-corrected chi connectivity index (χ0v) is 12.7. The number of anilines is 1. The molecule has 1 aliphatic rings. The van der Waals surface area contributed by atoms with E-state index in [1.54, 1.807) is 0 Å². The minimum atomic E-state index is 0.731. The molecule has 0 fully saturated rings. The second-order valence-corrected chi connectivity index (χ2v) is 5.53. The summed E-state index contributed by atoms with van der Waals surface area (Å²) < 4.78 is 5.85. The molecule has 3 rings (SSSR count). The Morgan fingerprint density at radius 2 is 2.05 bits per heavy atom. The van der Waals surface area contributed by atoms with E-state index in [2.05, 4.69) is 53.5 Å². The van der Waals surface area contributed by atoms with Crippen LogP contribution in [-0.2, 0) is 13.1 Å². The first-order valence-electron chi connectivity index (χ1n) is 7.47. The van der Waals surface area contributed by atoms with Crippen molar-refractivity contribution in [3.8, 4) is 5.75 Å². The number of fused-ring (bicyclic) bond motifs is 1. The average molecular weight is 282 g/mol. The largest absolute Gasteiger partial charge is 0.491 e. The molecule has 21 heavy (non-hydrogen) atoms. The van der Waals surface area contributed by atoms with E-state index in [0.29, 0.717) is 0 Å². The fourth-order valence-corrected chi connectivity index (χ4v) is 2.92. The van der Waals surface area contributed by atoms with Crippen LogP contribution in [0.4, 0.5) is 5.69 Å². The highest BCUT2D eigenvalue weighted by Gasteiger charge is 2.16. The maximum atomic E-state index is 5.85. The van der Waals surface area contributed by atoms with Crippen molar-refractivity contribution in [2.75, 3.05) is 25.1 Å². The molecule has 0 atom stereocenters. The summed E-state index contributed by atoms with van der Waals surface area (Å²) in [7, 11) is 1.98. The van der Waals surface area contributed by atoms with Crippen molar-refractivity contribution in [1.82, 2.24) is 5.32 Å². The summed E-state index contributed by atoms with van der Waals surface area (Å²) in [5.41, 5.74) is 5.20. The average Bonchev–Trinajstić information content (AvgIpc) is 2.70. The molecular formula is C18H22N2O. The topological polar surface area (TPSA) is 24.5 Å². The number of aryl methyl sites for hydroxylation is 1. The van der Waals surface area contributed by atoms with Gasteiger partial charge >= 0.3 is 0 Å². The Morgan fingerprint density at radius 3 is 2.86 bits per heavy atom. The van der Waals surface area contributed by atoms with Gasteiger partial charge in [-0.25, -0.2) is 0 Å². The fraction of sp³-hybridized carbons (Fsp3) is 0.333. The van der Waals surface area contributed by atoms with Crippen LogP contribution in [0.3, 0.4) is 0 Å². The molecule has 0 saturated carbocycles. The lowest BCUT2D eigenvalue weighted by atomic mass is 10.1. The van der Waals surface area contributed by atoms with Crippen LogP contribution < -0.4 is 15.0 Å². The third kappa shape index (κ3) is 3.03. The van der Waals surface area contributed by atoms with Crippen molar-refractivity contribution in [1.29, 1.82) is 0 Å². The second kappa shape index (κ2) is 6.19. The lowest BCUT2D eigenvalue weighted by Gasteiger charge is -2.24. The Hall–Kier alpha value is -2.00. The van der Waals surface area contributed by atoms with Gasteiger partial charge in [0.1, 0.15) is 12.4 Å². The quantitative estimate of drug-likeness (QED) is 0.936. The molecule has 1 heterocycles. The normalized spacial score (nSPS) is 14.3. The number of nitrogens with one attached hydrogen (secondary N) is 1. The van der Waals surface area contributed by atoms with E-state index in [1.165, 1.54) is 22.4 Å². The van der Waals surface area contributed by atoms with Crippen LogP contribution in [0.1, 0.15) is 16.7 Å². The predicted octanol–water partition coefficient (Wildman–Crippen LogP) is 3.11. The number of nitrogens with zero attached hydrogens (tertiary/aromatic N) is 1. The van der Waals surface area contributed by atoms with Gasteiger partial charge in [-0.3, -0.25) is 0 Å². The zero-order valence-electron chi connectivity index (χ0n) is 12.7. The van der Waals surface area contributed by atoms with Crippen molar-refractivity contribution < 1.29 is 4.74 Å². The highest BCUT2D eigenvalue weighted by Crippen LogP contribution is 2.28. The summed E-state index contributed by atoms with van der Waals surface area (Å²) in [6.07, 6.45) is 0. The molecule has 0 radical (unpaired) electrons. The maximum absolute atomic E-state index is 5.85. The van der Waals surface area contributed by atoms with Gasteiger partial charge in [0.15, 0.2) is 0 Å². The van der Waals surface area contributed by atoms with Crippen LogP contribution in [0.2, 0.25) is 0 Å². The number of ether oxygens (including phenoxy) is 1.